The third-order valence-electron chi connectivity index (χ3n) is 2.75. The summed E-state index contributed by atoms with van der Waals surface area (Å²) >= 11 is 3.25. The highest BCUT2D eigenvalue weighted by atomic mass is 79.9. The maximum atomic E-state index is 12.9. The zero-order valence-corrected chi connectivity index (χ0v) is 10.6. The van der Waals surface area contributed by atoms with Crippen molar-refractivity contribution >= 4 is 27.6 Å². The van der Waals surface area contributed by atoms with Crippen LogP contribution in [0.1, 0.15) is 6.42 Å². The van der Waals surface area contributed by atoms with Crippen molar-refractivity contribution in [1.82, 2.24) is 5.32 Å². The molecule has 1 aliphatic heterocycles. The highest BCUT2D eigenvalue weighted by Crippen LogP contribution is 2.29. The Bertz CT molecular complexity index is 449. The molecule has 0 aromatic heterocycles. The van der Waals surface area contributed by atoms with Gasteiger partial charge in [0.2, 0.25) is 0 Å². The third kappa shape index (κ3) is 2.76. The molecule has 2 rings (SSSR count). The van der Waals surface area contributed by atoms with Gasteiger partial charge in [0.05, 0.1) is 12.0 Å². The molecule has 0 radical (unpaired) electrons. The van der Waals surface area contributed by atoms with Crippen LogP contribution in [0.2, 0.25) is 0 Å². The number of rotatable bonds is 4. The monoisotopic (exact) mass is 302 g/mol. The molecule has 3 N–H and O–H groups in total. The van der Waals surface area contributed by atoms with Gasteiger partial charge < -0.3 is 15.7 Å². The van der Waals surface area contributed by atoms with E-state index in [0.29, 0.717) is 23.2 Å². The Kier molecular flexibility index (Phi) is 3.35. The lowest BCUT2D eigenvalue weighted by molar-refractivity contribution is -0.138. The third-order valence-corrected chi connectivity index (χ3v) is 3.40. The van der Waals surface area contributed by atoms with E-state index in [1.807, 2.05) is 0 Å². The predicted octanol–water partition coefficient (Wildman–Crippen LogP) is 1.82. The number of nitrogens with one attached hydrogen (secondary N) is 2. The van der Waals surface area contributed by atoms with E-state index in [-0.39, 0.29) is 12.2 Å². The quantitative estimate of drug-likeness (QED) is 0.794. The molecule has 1 heterocycles. The van der Waals surface area contributed by atoms with Crippen LogP contribution in [-0.4, -0.2) is 29.7 Å². The van der Waals surface area contributed by atoms with Gasteiger partial charge in [-0.25, -0.2) is 4.39 Å². The molecule has 92 valence electrons. The van der Waals surface area contributed by atoms with Crippen LogP contribution in [0.25, 0.3) is 0 Å². The molecular weight excluding hydrogens is 291 g/mol. The number of benzene rings is 1. The minimum Gasteiger partial charge on any atom is -0.481 e. The summed E-state index contributed by atoms with van der Waals surface area (Å²) in [6.07, 6.45) is 0.0316. The fourth-order valence-electron chi connectivity index (χ4n) is 1.85. The lowest BCUT2D eigenvalue weighted by atomic mass is 9.88. The van der Waals surface area contributed by atoms with Crippen LogP contribution in [0.3, 0.4) is 0 Å². The molecule has 0 saturated carbocycles. The molecule has 0 unspecified atom stereocenters. The first-order valence-corrected chi connectivity index (χ1v) is 5.96. The number of hydrogen-bond acceptors (Lipinski definition) is 3. The SMILES string of the molecule is O=C(O)CC1(Nc2ccc(F)cc2Br)CNC1. The Morgan fingerprint density at radius 2 is 2.29 bits per heavy atom. The van der Waals surface area contributed by atoms with E-state index in [4.69, 9.17) is 5.11 Å². The van der Waals surface area contributed by atoms with E-state index in [1.54, 1.807) is 6.07 Å². The number of halogens is 2. The van der Waals surface area contributed by atoms with Gasteiger partial charge >= 0.3 is 5.97 Å². The number of carbonyl (C=O) groups is 1. The zero-order valence-electron chi connectivity index (χ0n) is 8.96. The summed E-state index contributed by atoms with van der Waals surface area (Å²) in [5.41, 5.74) is 0.223. The number of carboxylic acid groups (broad SMARTS) is 1. The molecule has 0 bridgehead atoms. The first-order valence-electron chi connectivity index (χ1n) is 5.17. The van der Waals surface area contributed by atoms with E-state index in [1.165, 1.54) is 12.1 Å². The van der Waals surface area contributed by atoms with E-state index < -0.39 is 11.5 Å². The lowest BCUT2D eigenvalue weighted by Crippen LogP contribution is -2.65. The van der Waals surface area contributed by atoms with Gasteiger partial charge in [-0.3, -0.25) is 4.79 Å². The van der Waals surface area contributed by atoms with Crippen LogP contribution < -0.4 is 10.6 Å². The Morgan fingerprint density at radius 1 is 1.59 bits per heavy atom. The summed E-state index contributed by atoms with van der Waals surface area (Å²) in [6, 6.07) is 4.29. The maximum Gasteiger partial charge on any atom is 0.305 e. The van der Waals surface area contributed by atoms with Crippen molar-refractivity contribution in [1.29, 1.82) is 0 Å². The van der Waals surface area contributed by atoms with Gasteiger partial charge in [-0.05, 0) is 34.1 Å². The summed E-state index contributed by atoms with van der Waals surface area (Å²) in [5, 5.41) is 15.1. The summed E-state index contributed by atoms with van der Waals surface area (Å²) < 4.78 is 13.5. The Labute approximate surface area is 106 Å². The smallest absolute Gasteiger partial charge is 0.305 e. The van der Waals surface area contributed by atoms with Crippen molar-refractivity contribution in [3.05, 3.63) is 28.5 Å². The normalized spacial score (nSPS) is 17.3. The molecule has 1 aromatic carbocycles. The van der Waals surface area contributed by atoms with Crippen molar-refractivity contribution in [3.63, 3.8) is 0 Å². The minimum absolute atomic E-state index is 0.0316. The topological polar surface area (TPSA) is 61.4 Å². The molecule has 1 aromatic rings. The molecule has 0 aliphatic carbocycles. The molecule has 4 nitrogen and oxygen atoms in total. The number of anilines is 1. The standard InChI is InChI=1S/C11H12BrFN2O2/c12-8-3-7(13)1-2-9(8)15-11(4-10(16)17)5-14-6-11/h1-3,14-15H,4-6H2,(H,16,17). The van der Waals surface area contributed by atoms with Crippen LogP contribution in [0.5, 0.6) is 0 Å². The molecule has 1 saturated heterocycles. The van der Waals surface area contributed by atoms with E-state index in [9.17, 15) is 9.18 Å². The summed E-state index contributed by atoms with van der Waals surface area (Å²) in [7, 11) is 0. The highest BCUT2D eigenvalue weighted by molar-refractivity contribution is 9.10. The Morgan fingerprint density at radius 3 is 2.76 bits per heavy atom. The van der Waals surface area contributed by atoms with Crippen LogP contribution in [0.15, 0.2) is 22.7 Å². The second-order valence-electron chi connectivity index (χ2n) is 4.20. The summed E-state index contributed by atoms with van der Waals surface area (Å²) in [6.45, 7) is 1.17. The average molecular weight is 303 g/mol. The molecule has 17 heavy (non-hydrogen) atoms. The maximum absolute atomic E-state index is 12.9. The van der Waals surface area contributed by atoms with E-state index >= 15 is 0 Å². The average Bonchev–Trinajstić information content (AvgIpc) is 2.18. The second kappa shape index (κ2) is 4.62. The van der Waals surface area contributed by atoms with Gasteiger partial charge in [0.25, 0.3) is 0 Å². The van der Waals surface area contributed by atoms with Crippen molar-refractivity contribution < 1.29 is 14.3 Å². The zero-order chi connectivity index (χ0) is 12.5. The van der Waals surface area contributed by atoms with Gasteiger partial charge in [-0.2, -0.15) is 0 Å². The number of aliphatic carboxylic acids is 1. The lowest BCUT2D eigenvalue weighted by Gasteiger charge is -2.43. The van der Waals surface area contributed by atoms with Crippen molar-refractivity contribution in [2.75, 3.05) is 18.4 Å². The second-order valence-corrected chi connectivity index (χ2v) is 5.06. The number of carboxylic acids is 1. The molecule has 0 amide bonds. The predicted molar refractivity (Wildman–Crippen MR) is 65.6 cm³/mol. The van der Waals surface area contributed by atoms with Gasteiger partial charge in [-0.15, -0.1) is 0 Å². The molecular formula is C11H12BrFN2O2. The first kappa shape index (κ1) is 12.3. The van der Waals surface area contributed by atoms with Crippen LogP contribution in [0.4, 0.5) is 10.1 Å². The van der Waals surface area contributed by atoms with Gasteiger partial charge in [0.1, 0.15) is 5.82 Å². The van der Waals surface area contributed by atoms with Crippen LogP contribution >= 0.6 is 15.9 Å². The Balaban J connectivity index is 2.15. The summed E-state index contributed by atoms with van der Waals surface area (Å²) in [5.74, 6) is -1.18. The Hall–Kier alpha value is -1.14. The fraction of sp³-hybridized carbons (Fsp3) is 0.364. The van der Waals surface area contributed by atoms with Gasteiger partial charge in [0, 0.05) is 23.2 Å². The number of hydrogen-bond donors (Lipinski definition) is 3. The van der Waals surface area contributed by atoms with E-state index in [0.717, 1.165) is 0 Å². The van der Waals surface area contributed by atoms with Crippen molar-refractivity contribution in [2.24, 2.45) is 0 Å². The molecule has 0 atom stereocenters. The van der Waals surface area contributed by atoms with Gasteiger partial charge in [0.15, 0.2) is 0 Å². The first-order chi connectivity index (χ1) is 8.01. The van der Waals surface area contributed by atoms with Crippen molar-refractivity contribution in [3.8, 4) is 0 Å². The molecule has 1 fully saturated rings. The van der Waals surface area contributed by atoms with Gasteiger partial charge in [-0.1, -0.05) is 0 Å². The van der Waals surface area contributed by atoms with Crippen molar-refractivity contribution in [2.45, 2.75) is 12.0 Å². The minimum atomic E-state index is -0.850. The molecule has 1 aliphatic rings. The highest BCUT2D eigenvalue weighted by Gasteiger charge is 2.39. The fourth-order valence-corrected chi connectivity index (χ4v) is 2.30. The largest absolute Gasteiger partial charge is 0.481 e. The van der Waals surface area contributed by atoms with E-state index in [2.05, 4.69) is 26.6 Å². The summed E-state index contributed by atoms with van der Waals surface area (Å²) in [4.78, 5) is 10.8. The van der Waals surface area contributed by atoms with Crippen LogP contribution in [0, 0.1) is 5.82 Å². The molecule has 0 spiro atoms. The van der Waals surface area contributed by atoms with Crippen LogP contribution in [-0.2, 0) is 4.79 Å². The molecule has 6 heteroatoms.